The zero-order chi connectivity index (χ0) is 50.6. The molecule has 16 heteroatoms. The fourth-order valence-corrected chi connectivity index (χ4v) is 10.2. The molecule has 2 aromatic heterocycles. The molecule has 2 aromatic carbocycles. The van der Waals surface area contributed by atoms with Crippen LogP contribution in [0.2, 0.25) is 0 Å². The summed E-state index contributed by atoms with van der Waals surface area (Å²) < 4.78 is 14.2. The van der Waals surface area contributed by atoms with Gasteiger partial charge < -0.3 is 34.3 Å². The van der Waals surface area contributed by atoms with Crippen molar-refractivity contribution < 1.29 is 38.6 Å². The van der Waals surface area contributed by atoms with Gasteiger partial charge in [0.25, 0.3) is 11.8 Å². The number of nitrogens with one attached hydrogen (secondary N) is 2. The van der Waals surface area contributed by atoms with E-state index < -0.39 is 47.2 Å². The Balaban J connectivity index is 1.26. The van der Waals surface area contributed by atoms with Crippen molar-refractivity contribution in [3.63, 3.8) is 0 Å². The van der Waals surface area contributed by atoms with Crippen LogP contribution in [0.25, 0.3) is 33.3 Å². The molecule has 0 radical (unpaired) electrons. The average molecular weight is 959 g/mol. The number of rotatable bonds is 10. The Hall–Kier alpha value is -6.28. The van der Waals surface area contributed by atoms with Crippen LogP contribution in [-0.2, 0) is 52.8 Å². The molecule has 70 heavy (non-hydrogen) atoms. The molecule has 4 aromatic rings. The number of benzene rings is 2. The molecule has 3 aliphatic heterocycles. The number of aromatic hydroxyl groups is 1. The fraction of sp³-hybridized carbons (Fsp3) is 0.519. The maximum absolute atomic E-state index is 14.8. The highest BCUT2D eigenvalue weighted by Gasteiger charge is 2.40. The Morgan fingerprint density at radius 3 is 2.53 bits per heavy atom. The van der Waals surface area contributed by atoms with Crippen LogP contribution in [0.3, 0.4) is 0 Å². The molecule has 5 atom stereocenters. The zero-order valence-corrected chi connectivity index (χ0v) is 42.4. The number of fused-ring (bicyclic) bond motifs is 6. The van der Waals surface area contributed by atoms with Gasteiger partial charge in [-0.25, -0.2) is 5.43 Å². The van der Waals surface area contributed by atoms with Crippen molar-refractivity contribution in [3.8, 4) is 40.0 Å². The van der Waals surface area contributed by atoms with Gasteiger partial charge in [0, 0.05) is 74.8 Å². The normalized spacial score (nSPS) is 20.4. The van der Waals surface area contributed by atoms with Gasteiger partial charge in [0.15, 0.2) is 0 Å². The molecule has 1 unspecified atom stereocenters. The molecule has 0 spiro atoms. The first-order valence-electron chi connectivity index (χ1n) is 24.5. The van der Waals surface area contributed by atoms with Gasteiger partial charge in [0.05, 0.1) is 36.6 Å². The van der Waals surface area contributed by atoms with Gasteiger partial charge in [-0.3, -0.25) is 38.9 Å². The van der Waals surface area contributed by atoms with E-state index in [0.717, 1.165) is 39.0 Å². The van der Waals surface area contributed by atoms with Crippen molar-refractivity contribution >= 4 is 40.5 Å². The average Bonchev–Trinajstić information content (AvgIpc) is 3.94. The summed E-state index contributed by atoms with van der Waals surface area (Å²) in [5.41, 5.74) is 9.51. The van der Waals surface area contributed by atoms with Crippen molar-refractivity contribution in [2.45, 2.75) is 104 Å². The van der Waals surface area contributed by atoms with Crippen LogP contribution in [0.5, 0.6) is 5.75 Å². The molecule has 0 aliphatic carbocycles. The lowest BCUT2D eigenvalue weighted by Gasteiger charge is -2.37. The highest BCUT2D eigenvalue weighted by Crippen LogP contribution is 2.42. The van der Waals surface area contributed by atoms with E-state index in [1.54, 1.807) is 37.4 Å². The van der Waals surface area contributed by atoms with Crippen LogP contribution < -0.4 is 10.7 Å². The largest absolute Gasteiger partial charge is 0.508 e. The van der Waals surface area contributed by atoms with Crippen LogP contribution >= 0.6 is 0 Å². The lowest BCUT2D eigenvalue weighted by molar-refractivity contribution is -0.155. The third kappa shape index (κ3) is 11.3. The predicted molar refractivity (Wildman–Crippen MR) is 268 cm³/mol. The number of aryl methyl sites for hydroxylation is 1. The summed E-state index contributed by atoms with van der Waals surface area (Å²) in [7, 11) is 6.98. The first-order chi connectivity index (χ1) is 33.3. The number of methoxy groups -OCH3 is 1. The number of cyclic esters (lactones) is 1. The van der Waals surface area contributed by atoms with Crippen molar-refractivity contribution in [2.75, 3.05) is 61.0 Å². The minimum Gasteiger partial charge on any atom is -0.508 e. The zero-order valence-electron chi connectivity index (χ0n) is 42.4. The summed E-state index contributed by atoms with van der Waals surface area (Å²) in [5.74, 6) is 2.49. The number of hydrogen-bond acceptors (Lipinski definition) is 11. The topological polar surface area (TPSA) is 179 Å². The Morgan fingerprint density at radius 2 is 1.81 bits per heavy atom. The predicted octanol–water partition coefficient (Wildman–Crippen LogP) is 5.35. The number of ether oxygens (including phenoxy) is 2. The van der Waals surface area contributed by atoms with E-state index in [-0.39, 0.29) is 55.7 Å². The number of phenols is 1. The summed E-state index contributed by atoms with van der Waals surface area (Å²) >= 11 is 0. The second kappa shape index (κ2) is 21.8. The van der Waals surface area contributed by atoms with E-state index in [0.29, 0.717) is 56.4 Å². The van der Waals surface area contributed by atoms with E-state index in [2.05, 4.69) is 66.1 Å². The Bertz CT molecular complexity index is 2680. The van der Waals surface area contributed by atoms with E-state index >= 15 is 0 Å². The van der Waals surface area contributed by atoms with Crippen molar-refractivity contribution in [2.24, 2.45) is 17.3 Å². The molecule has 5 heterocycles. The maximum atomic E-state index is 14.8. The number of carbonyl (C=O) groups excluding carboxylic acids is 5. The number of hydrazine groups is 1. The summed E-state index contributed by atoms with van der Waals surface area (Å²) in [6.45, 7) is 13.9. The van der Waals surface area contributed by atoms with Gasteiger partial charge in [-0.2, -0.15) is 0 Å². The monoisotopic (exact) mass is 959 g/mol. The minimum absolute atomic E-state index is 0.0154. The minimum atomic E-state index is -1.18. The number of likely N-dealkylation sites (N-methyl/N-ethyl adjacent to an activating group) is 1. The van der Waals surface area contributed by atoms with Gasteiger partial charge in [-0.1, -0.05) is 45.7 Å². The number of likely N-dealkylation sites (tertiary alicyclic amines) is 1. The van der Waals surface area contributed by atoms with Crippen LogP contribution in [0.4, 0.5) is 0 Å². The van der Waals surface area contributed by atoms with Crippen molar-refractivity contribution in [1.29, 1.82) is 0 Å². The molecular formula is C54H70N8O8. The van der Waals surface area contributed by atoms with E-state index in [1.165, 1.54) is 9.91 Å². The fourth-order valence-electron chi connectivity index (χ4n) is 10.2. The molecular weight excluding hydrogens is 889 g/mol. The van der Waals surface area contributed by atoms with Crippen LogP contribution in [0.15, 0.2) is 54.7 Å². The number of phenolic OH excluding ortho intramolecular Hbond substituents is 1. The van der Waals surface area contributed by atoms with Gasteiger partial charge in [-0.05, 0) is 124 Å². The number of amides is 4. The number of carbonyl (C=O) groups is 5. The number of aromatic nitrogens is 2. The summed E-state index contributed by atoms with van der Waals surface area (Å²) in [6.07, 6.45) is 3.37. The number of pyridine rings is 1. The molecule has 6 bridgehead atoms. The Kier molecular flexibility index (Phi) is 16.0. The Morgan fingerprint density at radius 1 is 1.04 bits per heavy atom. The smallest absolute Gasteiger partial charge is 0.324 e. The molecule has 16 nitrogen and oxygen atoms in total. The summed E-state index contributed by atoms with van der Waals surface area (Å²) in [4.78, 5) is 80.0. The van der Waals surface area contributed by atoms with Gasteiger partial charge in [-0.15, -0.1) is 0 Å². The lowest BCUT2D eigenvalue weighted by atomic mass is 9.84. The molecule has 374 valence electrons. The van der Waals surface area contributed by atoms with Crippen LogP contribution in [0.1, 0.15) is 83.7 Å². The van der Waals surface area contributed by atoms with Crippen molar-refractivity contribution in [1.82, 2.24) is 40.0 Å². The second-order valence-corrected chi connectivity index (χ2v) is 20.4. The summed E-state index contributed by atoms with van der Waals surface area (Å²) in [5, 5.41) is 16.8. The maximum Gasteiger partial charge on any atom is 0.324 e. The number of hydrogen-bond donors (Lipinski definition) is 3. The standard InChI is InChI=1S/C54H70N8O8/c1-11-61-45-19-18-36-29-41(45)42(49(61)40-15-12-21-55-47(40)34(4)69-10)30-54(5,6)32-70-53(68)43-16-13-23-62(57-43)52(67)44(27-35-25-38(36)28-39(63)26-35)56-50(65)48(33(2)3)59(9)51(66)37-20-24-60(31-37)46(64)17-14-22-58(7)8/h12,15,18-19,21,25-26,28-29,33-34,37,43-44,48,57,63H,11,13,16,20,22-24,27,30-32H2,1-10H3,(H,56,65)/t34-,37-,43-,44-,48?/m0/s1. The van der Waals surface area contributed by atoms with Crippen LogP contribution in [-0.4, -0.2) is 143 Å². The van der Waals surface area contributed by atoms with Crippen molar-refractivity contribution in [3.05, 3.63) is 71.5 Å². The van der Waals surface area contributed by atoms with E-state index in [1.807, 2.05) is 58.0 Å². The summed E-state index contributed by atoms with van der Waals surface area (Å²) in [6, 6.07) is 12.5. The van der Waals surface area contributed by atoms with E-state index in [4.69, 9.17) is 14.5 Å². The van der Waals surface area contributed by atoms with Crippen LogP contribution in [0, 0.1) is 29.1 Å². The number of esters is 1. The SMILES string of the molecule is CCn1c(-c2cccnc2[C@H](C)OC)c2c3cc(ccc31)-c1cc(O)cc(c1)C[C@H](NC(=O)C(C(C)C)N(C)C(=O)[C@H]1CCN(C(=O)C#CCN(C)C)C1)C(=O)N1CCC[C@H](N1)C(=O)OCC(C)(C)C2. The highest BCUT2D eigenvalue weighted by atomic mass is 16.5. The molecule has 2 saturated heterocycles. The molecule has 0 saturated carbocycles. The van der Waals surface area contributed by atoms with E-state index in [9.17, 15) is 29.1 Å². The quantitative estimate of drug-likeness (QED) is 0.138. The van der Waals surface area contributed by atoms with Gasteiger partial charge in [0.2, 0.25) is 11.8 Å². The third-order valence-electron chi connectivity index (χ3n) is 13.8. The number of nitrogens with zero attached hydrogens (tertiary/aromatic N) is 6. The van der Waals surface area contributed by atoms with Gasteiger partial charge in [0.1, 0.15) is 23.9 Å². The molecule has 3 N–H and O–H groups in total. The second-order valence-electron chi connectivity index (χ2n) is 20.4. The molecule has 4 amide bonds. The third-order valence-corrected chi connectivity index (χ3v) is 13.8. The Labute approximate surface area is 412 Å². The lowest BCUT2D eigenvalue weighted by Crippen LogP contribution is -2.62. The first-order valence-corrected chi connectivity index (χ1v) is 24.5. The first kappa shape index (κ1) is 51.6. The van der Waals surface area contributed by atoms with Gasteiger partial charge >= 0.3 is 5.97 Å². The molecule has 2 fully saturated rings. The highest BCUT2D eigenvalue weighted by molar-refractivity contribution is 5.97. The molecule has 3 aliphatic rings. The molecule has 7 rings (SSSR count).